The Morgan fingerprint density at radius 3 is 2.14 bits per heavy atom. The first-order chi connectivity index (χ1) is 3.39. The van der Waals surface area contributed by atoms with Gasteiger partial charge in [-0.1, -0.05) is 9.97 Å². The molecule has 0 aliphatic carbocycles. The first-order valence-corrected chi connectivity index (χ1v) is 1.73. The summed E-state index contributed by atoms with van der Waals surface area (Å²) in [7, 11) is 0. The molecule has 0 aliphatic heterocycles. The molecule has 0 aromatic carbocycles. The van der Waals surface area contributed by atoms with Crippen LogP contribution in [0.1, 0.15) is 0 Å². The molecule has 4 nitrogen and oxygen atoms in total. The number of nitrogens with zero attached hydrogens (tertiary/aromatic N) is 3. The summed E-state index contributed by atoms with van der Waals surface area (Å²) >= 11 is 0. The molecular formula is C3H3N3O. The van der Waals surface area contributed by atoms with Crippen LogP contribution in [0.4, 0.5) is 0 Å². The van der Waals surface area contributed by atoms with E-state index >= 15 is 0 Å². The van der Waals surface area contributed by atoms with Crippen molar-refractivity contribution in [1.29, 1.82) is 0 Å². The third-order valence-electron chi connectivity index (χ3n) is 0.494. The van der Waals surface area contributed by atoms with Crippen LogP contribution in [0.3, 0.4) is 0 Å². The zero-order valence-corrected chi connectivity index (χ0v) is 3.48. The van der Waals surface area contributed by atoms with Gasteiger partial charge in [0.05, 0.1) is 0 Å². The van der Waals surface area contributed by atoms with Crippen molar-refractivity contribution in [2.45, 2.75) is 0 Å². The van der Waals surface area contributed by atoms with Gasteiger partial charge in [0.25, 0.3) is 6.33 Å². The molecule has 1 rings (SSSR count). The maximum Gasteiger partial charge on any atom is 0.263 e. The largest absolute Gasteiger partial charge is 0.741 e. The van der Waals surface area contributed by atoms with E-state index in [9.17, 15) is 5.21 Å². The molecule has 0 fully saturated rings. The van der Waals surface area contributed by atoms with Crippen LogP contribution in [0.15, 0.2) is 19.0 Å². The molecule has 0 aliphatic rings. The number of hydrogen-bond acceptors (Lipinski definition) is 3. The molecule has 0 bridgehead atoms. The van der Waals surface area contributed by atoms with Crippen LogP contribution in [0.5, 0.6) is 0 Å². The maximum atomic E-state index is 10.1. The van der Waals surface area contributed by atoms with Crippen LogP contribution in [-0.2, 0) is 0 Å². The fourth-order valence-electron chi connectivity index (χ4n) is 0.259. The number of hydrogen-bond donors (Lipinski definition) is 0. The van der Waals surface area contributed by atoms with E-state index < -0.39 is 0 Å². The summed E-state index contributed by atoms with van der Waals surface area (Å²) in [4.78, 5) is 6.85. The molecule has 36 valence electrons. The Labute approximate surface area is 40.0 Å². The molecule has 1 heterocycles. The van der Waals surface area contributed by atoms with Gasteiger partial charge in [0, 0.05) is 0 Å². The molecular weight excluding hydrogens is 94.1 g/mol. The molecule has 4 heteroatoms. The standard InChI is InChI=1S/C3H3N3O/c7-6-2-4-1-5-3-6/h1-3H. The first-order valence-electron chi connectivity index (χ1n) is 1.73. The van der Waals surface area contributed by atoms with Gasteiger partial charge in [-0.2, -0.15) is 0 Å². The molecule has 0 radical (unpaired) electrons. The average molecular weight is 97.1 g/mol. The van der Waals surface area contributed by atoms with Crippen molar-refractivity contribution in [3.05, 3.63) is 24.2 Å². The van der Waals surface area contributed by atoms with E-state index in [-0.39, 0.29) is 0 Å². The summed E-state index contributed by atoms with van der Waals surface area (Å²) in [6.45, 7) is 0. The fourth-order valence-corrected chi connectivity index (χ4v) is 0.259. The highest BCUT2D eigenvalue weighted by Crippen LogP contribution is 1.55. The van der Waals surface area contributed by atoms with E-state index in [1.807, 2.05) is 0 Å². The lowest BCUT2D eigenvalue weighted by Crippen LogP contribution is -2.25. The third kappa shape index (κ3) is 0.819. The minimum absolute atomic E-state index is 0.528. The van der Waals surface area contributed by atoms with E-state index in [1.54, 1.807) is 0 Å². The lowest BCUT2D eigenvalue weighted by atomic mass is 11.1. The summed E-state index contributed by atoms with van der Waals surface area (Å²) in [6.07, 6.45) is 3.56. The zero-order chi connectivity index (χ0) is 5.11. The SMILES string of the molecule is [O-][n+]1cncnc1. The molecule has 0 amide bonds. The molecule has 7 heavy (non-hydrogen) atoms. The van der Waals surface area contributed by atoms with Crippen LogP contribution >= 0.6 is 0 Å². The van der Waals surface area contributed by atoms with Gasteiger partial charge in [-0.05, 0) is 0 Å². The second kappa shape index (κ2) is 1.51. The predicted octanol–water partition coefficient (Wildman–Crippen LogP) is -0.890. The molecule has 1 aromatic heterocycles. The van der Waals surface area contributed by atoms with E-state index in [0.29, 0.717) is 4.73 Å². The highest BCUT2D eigenvalue weighted by atomic mass is 16.5. The van der Waals surface area contributed by atoms with Crippen molar-refractivity contribution in [1.82, 2.24) is 9.97 Å². The normalized spacial score (nSPS) is 8.57. The van der Waals surface area contributed by atoms with Crippen LogP contribution in [0, 0.1) is 5.21 Å². The second-order valence-corrected chi connectivity index (χ2v) is 1.00. The Balaban J connectivity index is 3.02. The van der Waals surface area contributed by atoms with E-state index in [2.05, 4.69) is 9.97 Å². The molecule has 0 unspecified atom stereocenters. The quantitative estimate of drug-likeness (QED) is 0.311. The van der Waals surface area contributed by atoms with Crippen molar-refractivity contribution in [3.63, 3.8) is 0 Å². The molecule has 0 saturated heterocycles. The second-order valence-electron chi connectivity index (χ2n) is 1.00. The van der Waals surface area contributed by atoms with Crippen molar-refractivity contribution < 1.29 is 4.73 Å². The molecule has 0 spiro atoms. The summed E-state index contributed by atoms with van der Waals surface area (Å²) in [5, 5.41) is 10.1. The smallest absolute Gasteiger partial charge is 0.263 e. The average Bonchev–Trinajstić information content (AvgIpc) is 1.69. The van der Waals surface area contributed by atoms with Gasteiger partial charge in [-0.3, -0.25) is 4.73 Å². The maximum absolute atomic E-state index is 10.1. The predicted molar refractivity (Wildman–Crippen MR) is 21.0 cm³/mol. The Bertz CT molecular complexity index is 140. The van der Waals surface area contributed by atoms with Crippen molar-refractivity contribution >= 4 is 0 Å². The Hall–Kier alpha value is -1.19. The lowest BCUT2D eigenvalue weighted by Gasteiger charge is -1.92. The van der Waals surface area contributed by atoms with Gasteiger partial charge in [0.1, 0.15) is 0 Å². The van der Waals surface area contributed by atoms with Gasteiger partial charge < -0.3 is 5.21 Å². The van der Waals surface area contributed by atoms with Gasteiger partial charge in [-0.15, -0.1) is 0 Å². The summed E-state index contributed by atoms with van der Waals surface area (Å²) in [5.41, 5.74) is 0. The molecule has 0 atom stereocenters. The minimum Gasteiger partial charge on any atom is -0.741 e. The van der Waals surface area contributed by atoms with E-state index in [1.165, 1.54) is 6.33 Å². The monoisotopic (exact) mass is 97.0 g/mol. The molecule has 0 N–H and O–H groups in total. The van der Waals surface area contributed by atoms with Crippen LogP contribution in [0.25, 0.3) is 0 Å². The van der Waals surface area contributed by atoms with Crippen LogP contribution in [0.2, 0.25) is 0 Å². The van der Waals surface area contributed by atoms with Crippen molar-refractivity contribution in [2.75, 3.05) is 0 Å². The fraction of sp³-hybridized carbons (Fsp3) is 0. The van der Waals surface area contributed by atoms with Crippen LogP contribution in [-0.4, -0.2) is 9.97 Å². The third-order valence-corrected chi connectivity index (χ3v) is 0.494. The Morgan fingerprint density at radius 2 is 1.86 bits per heavy atom. The van der Waals surface area contributed by atoms with Crippen molar-refractivity contribution in [2.24, 2.45) is 0 Å². The summed E-state index contributed by atoms with van der Waals surface area (Å²) in [5.74, 6) is 0. The van der Waals surface area contributed by atoms with Crippen LogP contribution < -0.4 is 4.73 Å². The van der Waals surface area contributed by atoms with E-state index in [0.717, 1.165) is 12.7 Å². The summed E-state index contributed by atoms with van der Waals surface area (Å²) in [6, 6.07) is 0. The molecule has 0 saturated carbocycles. The topological polar surface area (TPSA) is 52.7 Å². The highest BCUT2D eigenvalue weighted by molar-refractivity contribution is 4.42. The van der Waals surface area contributed by atoms with Crippen molar-refractivity contribution in [3.8, 4) is 0 Å². The summed E-state index contributed by atoms with van der Waals surface area (Å²) < 4.78 is 0.528. The molecule has 1 aromatic rings. The minimum atomic E-state index is 0.528. The Kier molecular flexibility index (Phi) is 0.856. The lowest BCUT2D eigenvalue weighted by molar-refractivity contribution is -0.612. The van der Waals surface area contributed by atoms with Gasteiger partial charge >= 0.3 is 0 Å². The Morgan fingerprint density at radius 1 is 1.29 bits per heavy atom. The van der Waals surface area contributed by atoms with Gasteiger partial charge in [0.2, 0.25) is 12.7 Å². The first kappa shape index (κ1) is 3.98. The highest BCUT2D eigenvalue weighted by Gasteiger charge is 1.76. The van der Waals surface area contributed by atoms with Gasteiger partial charge in [-0.25, -0.2) is 0 Å². The number of aromatic nitrogens is 3. The van der Waals surface area contributed by atoms with Gasteiger partial charge in [0.15, 0.2) is 0 Å². The number of rotatable bonds is 0. The van der Waals surface area contributed by atoms with E-state index in [4.69, 9.17) is 0 Å². The zero-order valence-electron chi connectivity index (χ0n) is 3.48.